The van der Waals surface area contributed by atoms with Gasteiger partial charge in [0.15, 0.2) is 0 Å². The smallest absolute Gasteiger partial charge is 0.394 e. The lowest BCUT2D eigenvalue weighted by molar-refractivity contribution is -1.25. The van der Waals surface area contributed by atoms with Gasteiger partial charge in [0.05, 0.1) is 0 Å². The summed E-state index contributed by atoms with van der Waals surface area (Å²) in [5.41, 5.74) is 0. The molecular formula is C5H4ClNO2. The highest BCUT2D eigenvalue weighted by Gasteiger charge is 1.95. The summed E-state index contributed by atoms with van der Waals surface area (Å²) in [7, 11) is 0. The third kappa shape index (κ3) is 1.87. The number of hydrogen-bond donors (Lipinski definition) is 0. The molecule has 1 heterocycles. The van der Waals surface area contributed by atoms with Crippen LogP contribution < -0.4 is 8.95 Å². The third-order valence-electron chi connectivity index (χ3n) is 0.748. The number of rotatable bonds is 2. The zero-order chi connectivity index (χ0) is 6.53. The summed E-state index contributed by atoms with van der Waals surface area (Å²) in [5, 5.41) is 0. The van der Waals surface area contributed by atoms with Gasteiger partial charge in [0.2, 0.25) is 0 Å². The first kappa shape index (κ1) is 6.32. The van der Waals surface area contributed by atoms with E-state index in [0.717, 1.165) is 0 Å². The standard InChI is InChI=1S/C5H4ClNO2/c8-6-9-5-3-1-2-4-7-5/h1-4H. The van der Waals surface area contributed by atoms with E-state index in [-0.39, 0.29) is 0 Å². The molecule has 3 nitrogen and oxygen atoms in total. The Labute approximate surface area is 56.4 Å². The lowest BCUT2D eigenvalue weighted by Gasteiger charge is -1.86. The SMILES string of the molecule is [O-][Cl+]Oc1ccccn1. The summed E-state index contributed by atoms with van der Waals surface area (Å²) in [6.07, 6.45) is 1.55. The normalized spacial score (nSPS) is 9.00. The van der Waals surface area contributed by atoms with Crippen molar-refractivity contribution < 1.29 is 20.3 Å². The van der Waals surface area contributed by atoms with Crippen molar-refractivity contribution in [2.45, 2.75) is 0 Å². The van der Waals surface area contributed by atoms with Gasteiger partial charge < -0.3 is 4.66 Å². The second-order valence-corrected chi connectivity index (χ2v) is 1.59. The van der Waals surface area contributed by atoms with E-state index in [1.807, 2.05) is 0 Å². The van der Waals surface area contributed by atoms with Crippen molar-refractivity contribution >= 4 is 0 Å². The van der Waals surface area contributed by atoms with Crippen LogP contribution in [0.25, 0.3) is 0 Å². The molecule has 0 aliphatic heterocycles. The molecule has 0 saturated heterocycles. The molecule has 9 heavy (non-hydrogen) atoms. The zero-order valence-electron chi connectivity index (χ0n) is 4.45. The molecule has 0 N–H and O–H groups in total. The molecule has 0 aromatic carbocycles. The highest BCUT2D eigenvalue weighted by atomic mass is 35.6. The highest BCUT2D eigenvalue weighted by Crippen LogP contribution is 2.01. The largest absolute Gasteiger partial charge is 0.495 e. The van der Waals surface area contributed by atoms with Crippen molar-refractivity contribution in [3.05, 3.63) is 24.4 Å². The zero-order valence-corrected chi connectivity index (χ0v) is 5.21. The molecule has 0 aliphatic rings. The molecule has 1 aromatic rings. The van der Waals surface area contributed by atoms with E-state index in [2.05, 4.69) is 9.27 Å². The molecule has 1 aromatic heterocycles. The number of pyridine rings is 1. The topological polar surface area (TPSA) is 45.2 Å². The van der Waals surface area contributed by atoms with Crippen LogP contribution in [0, 0.1) is 11.3 Å². The Kier molecular flexibility index (Phi) is 2.30. The summed E-state index contributed by atoms with van der Waals surface area (Å²) in [6, 6.07) is 5.09. The van der Waals surface area contributed by atoms with Crippen LogP contribution in [0.5, 0.6) is 5.88 Å². The summed E-state index contributed by atoms with van der Waals surface area (Å²) < 4.78 is 14.1. The van der Waals surface area contributed by atoms with Gasteiger partial charge in [-0.15, -0.1) is 0 Å². The lowest BCUT2D eigenvalue weighted by atomic mass is 10.5. The van der Waals surface area contributed by atoms with Gasteiger partial charge in [-0.1, -0.05) is 6.07 Å². The van der Waals surface area contributed by atoms with Crippen LogP contribution in [-0.2, 0) is 0 Å². The van der Waals surface area contributed by atoms with E-state index in [4.69, 9.17) is 0 Å². The fraction of sp³-hybridized carbons (Fsp3) is 0. The van der Waals surface area contributed by atoms with E-state index >= 15 is 0 Å². The summed E-state index contributed by atoms with van der Waals surface area (Å²) in [6.45, 7) is 0. The molecule has 0 unspecified atom stereocenters. The maximum Gasteiger partial charge on any atom is 0.394 e. The molecule has 0 bridgehead atoms. The summed E-state index contributed by atoms with van der Waals surface area (Å²) in [5.74, 6) is 0.320. The molecule has 0 spiro atoms. The monoisotopic (exact) mass is 145 g/mol. The van der Waals surface area contributed by atoms with Gasteiger partial charge in [-0.3, -0.25) is 0 Å². The van der Waals surface area contributed by atoms with Crippen LogP contribution in [0.1, 0.15) is 0 Å². The number of halogens is 1. The Balaban J connectivity index is 2.61. The van der Waals surface area contributed by atoms with Crippen LogP contribution in [0.3, 0.4) is 0 Å². The van der Waals surface area contributed by atoms with Gasteiger partial charge in [-0.05, 0) is 6.07 Å². The number of nitrogens with zero attached hydrogens (tertiary/aromatic N) is 1. The molecule has 0 atom stereocenters. The molecule has 0 amide bonds. The Morgan fingerprint density at radius 2 is 2.44 bits per heavy atom. The van der Waals surface area contributed by atoms with Gasteiger partial charge >= 0.3 is 11.3 Å². The molecular weight excluding hydrogens is 142 g/mol. The number of aromatic nitrogens is 1. The van der Waals surface area contributed by atoms with Crippen molar-refractivity contribution in [1.29, 1.82) is 0 Å². The maximum absolute atomic E-state index is 9.70. The second kappa shape index (κ2) is 3.27. The first-order valence-corrected chi connectivity index (χ1v) is 2.90. The molecule has 1 rings (SSSR count). The van der Waals surface area contributed by atoms with Gasteiger partial charge in [0.25, 0.3) is 5.88 Å². The van der Waals surface area contributed by atoms with Crippen LogP contribution >= 0.6 is 0 Å². The summed E-state index contributed by atoms with van der Waals surface area (Å²) in [4.78, 5) is 3.71. The Hall–Kier alpha value is -0.800. The highest BCUT2D eigenvalue weighted by molar-refractivity contribution is 5.07. The fourth-order valence-corrected chi connectivity index (χ4v) is 0.581. The molecule has 0 saturated carbocycles. The predicted molar refractivity (Wildman–Crippen MR) is 24.9 cm³/mol. The molecule has 4 heteroatoms. The van der Waals surface area contributed by atoms with Crippen LogP contribution in [0.4, 0.5) is 0 Å². The van der Waals surface area contributed by atoms with Gasteiger partial charge in [0, 0.05) is 12.3 Å². The van der Waals surface area contributed by atoms with E-state index in [0.29, 0.717) is 17.2 Å². The van der Waals surface area contributed by atoms with Crippen LogP contribution in [0.2, 0.25) is 0 Å². The van der Waals surface area contributed by atoms with E-state index in [1.165, 1.54) is 0 Å². The van der Waals surface area contributed by atoms with Crippen molar-refractivity contribution in [1.82, 2.24) is 4.98 Å². The second-order valence-electron chi connectivity index (χ2n) is 1.31. The maximum atomic E-state index is 9.70. The van der Waals surface area contributed by atoms with Gasteiger partial charge in [0.1, 0.15) is 0 Å². The Morgan fingerprint density at radius 1 is 1.56 bits per heavy atom. The fourth-order valence-electron chi connectivity index (χ4n) is 0.425. The number of hydrogen-bond acceptors (Lipinski definition) is 3. The van der Waals surface area contributed by atoms with Crippen LogP contribution in [-0.4, -0.2) is 4.98 Å². The minimum absolute atomic E-state index is 0.320. The van der Waals surface area contributed by atoms with E-state index in [1.54, 1.807) is 24.4 Å². The Bertz CT molecular complexity index is 168. The van der Waals surface area contributed by atoms with E-state index < -0.39 is 0 Å². The average molecular weight is 146 g/mol. The Morgan fingerprint density at radius 3 is 3.00 bits per heavy atom. The molecule has 0 aliphatic carbocycles. The lowest BCUT2D eigenvalue weighted by Crippen LogP contribution is -2.07. The van der Waals surface area contributed by atoms with Crippen molar-refractivity contribution in [2.24, 2.45) is 0 Å². The van der Waals surface area contributed by atoms with Crippen molar-refractivity contribution in [3.8, 4) is 5.88 Å². The quantitative estimate of drug-likeness (QED) is 0.576. The minimum Gasteiger partial charge on any atom is -0.495 e. The third-order valence-corrected chi connectivity index (χ3v) is 0.969. The van der Waals surface area contributed by atoms with Crippen molar-refractivity contribution in [2.75, 3.05) is 0 Å². The van der Waals surface area contributed by atoms with Crippen molar-refractivity contribution in [3.63, 3.8) is 0 Å². The molecule has 48 valence electrons. The van der Waals surface area contributed by atoms with Crippen LogP contribution in [0.15, 0.2) is 24.4 Å². The molecule has 0 fully saturated rings. The van der Waals surface area contributed by atoms with Gasteiger partial charge in [-0.25, -0.2) is 4.98 Å². The van der Waals surface area contributed by atoms with E-state index in [9.17, 15) is 4.66 Å². The minimum atomic E-state index is 0.320. The predicted octanol–water partition coefficient (Wildman–Crippen LogP) is -0.264. The average Bonchev–Trinajstić information content (AvgIpc) is 1.91. The van der Waals surface area contributed by atoms with Gasteiger partial charge in [-0.2, -0.15) is 4.29 Å². The summed E-state index contributed by atoms with van der Waals surface area (Å²) >= 11 is 0.452. The molecule has 0 radical (unpaired) electrons. The first-order chi connectivity index (χ1) is 4.43. The first-order valence-electron chi connectivity index (χ1n) is 2.28.